The first-order valence-corrected chi connectivity index (χ1v) is 7.28. The fourth-order valence-electron chi connectivity index (χ4n) is 2.62. The third kappa shape index (κ3) is 3.81. The van der Waals surface area contributed by atoms with Gasteiger partial charge in [0.2, 0.25) is 0 Å². The summed E-state index contributed by atoms with van der Waals surface area (Å²) in [4.78, 5) is 13.9. The minimum atomic E-state index is 0.0400. The summed E-state index contributed by atoms with van der Waals surface area (Å²) >= 11 is 0. The van der Waals surface area contributed by atoms with Gasteiger partial charge in [0.25, 0.3) is 0 Å². The van der Waals surface area contributed by atoms with Gasteiger partial charge in [-0.3, -0.25) is 9.69 Å². The maximum absolute atomic E-state index is 11.5. The number of rotatable bonds is 5. The van der Waals surface area contributed by atoms with E-state index in [-0.39, 0.29) is 5.78 Å². The number of carbonyl (C=O) groups excluding carboxylic acids is 1. The van der Waals surface area contributed by atoms with Crippen molar-refractivity contribution in [2.75, 3.05) is 26.2 Å². The van der Waals surface area contributed by atoms with Crippen LogP contribution in [0.5, 0.6) is 5.75 Å². The maximum atomic E-state index is 11.5. The van der Waals surface area contributed by atoms with E-state index in [1.807, 2.05) is 18.2 Å². The van der Waals surface area contributed by atoms with Crippen LogP contribution in [-0.2, 0) is 0 Å². The first-order valence-electron chi connectivity index (χ1n) is 7.28. The van der Waals surface area contributed by atoms with Crippen LogP contribution in [0.15, 0.2) is 24.3 Å². The van der Waals surface area contributed by atoms with Crippen LogP contribution in [0.25, 0.3) is 0 Å². The number of nitrogens with two attached hydrogens (primary N) is 1. The van der Waals surface area contributed by atoms with Crippen LogP contribution in [0.2, 0.25) is 0 Å². The topological polar surface area (TPSA) is 55.6 Å². The van der Waals surface area contributed by atoms with E-state index in [9.17, 15) is 4.79 Å². The molecule has 0 aliphatic carbocycles. The molecule has 1 heterocycles. The number of Topliss-reactive ketones (excluding diaryl/α,β-unsaturated/α-hetero) is 1. The van der Waals surface area contributed by atoms with Crippen molar-refractivity contribution in [3.8, 4) is 5.75 Å². The van der Waals surface area contributed by atoms with Gasteiger partial charge in [0.05, 0.1) is 5.56 Å². The molecular formula is C16H24N2O2. The molecule has 0 radical (unpaired) electrons. The quantitative estimate of drug-likeness (QED) is 0.835. The summed E-state index contributed by atoms with van der Waals surface area (Å²) in [6.07, 6.45) is 1.05. The molecule has 1 aliphatic heterocycles. The van der Waals surface area contributed by atoms with Crippen molar-refractivity contribution in [2.24, 2.45) is 11.7 Å². The molecule has 0 spiro atoms. The average molecular weight is 276 g/mol. The van der Waals surface area contributed by atoms with Gasteiger partial charge in [0, 0.05) is 19.1 Å². The molecule has 4 nitrogen and oxygen atoms in total. The maximum Gasteiger partial charge on any atom is 0.163 e. The molecule has 2 rings (SSSR count). The molecule has 0 bridgehead atoms. The van der Waals surface area contributed by atoms with Gasteiger partial charge in [0.1, 0.15) is 12.4 Å². The summed E-state index contributed by atoms with van der Waals surface area (Å²) in [6, 6.07) is 7.73. The number of ketones is 1. The number of piperidine rings is 1. The van der Waals surface area contributed by atoms with Crippen LogP contribution in [0, 0.1) is 5.92 Å². The lowest BCUT2D eigenvalue weighted by Gasteiger charge is -2.34. The van der Waals surface area contributed by atoms with Crippen LogP contribution in [0.4, 0.5) is 0 Å². The largest absolute Gasteiger partial charge is 0.491 e. The van der Waals surface area contributed by atoms with Crippen molar-refractivity contribution in [2.45, 2.75) is 26.3 Å². The van der Waals surface area contributed by atoms with Gasteiger partial charge < -0.3 is 10.5 Å². The van der Waals surface area contributed by atoms with Crippen LogP contribution in [0.1, 0.15) is 30.6 Å². The lowest BCUT2D eigenvalue weighted by Crippen LogP contribution is -2.46. The number of nitrogens with zero attached hydrogens (tertiary/aromatic N) is 1. The molecule has 1 saturated heterocycles. The third-order valence-electron chi connectivity index (χ3n) is 3.99. The smallest absolute Gasteiger partial charge is 0.163 e. The first-order chi connectivity index (χ1) is 9.58. The van der Waals surface area contributed by atoms with Gasteiger partial charge in [-0.2, -0.15) is 0 Å². The predicted octanol–water partition coefficient (Wildman–Crippen LogP) is 1.94. The molecule has 0 amide bonds. The van der Waals surface area contributed by atoms with Crippen molar-refractivity contribution < 1.29 is 9.53 Å². The van der Waals surface area contributed by atoms with Crippen molar-refractivity contribution in [3.05, 3.63) is 29.8 Å². The minimum Gasteiger partial charge on any atom is -0.491 e. The Morgan fingerprint density at radius 1 is 1.45 bits per heavy atom. The standard InChI is InChI=1S/C16H24N2O2/c1-12-11-18(8-7-15(12)17)9-10-20-16-6-4-3-5-14(16)13(2)19/h3-6,12,15H,7-11,17H2,1-2H3. The lowest BCUT2D eigenvalue weighted by molar-refractivity contribution is 0.101. The molecule has 0 saturated carbocycles. The van der Waals surface area contributed by atoms with E-state index in [4.69, 9.17) is 10.5 Å². The molecule has 20 heavy (non-hydrogen) atoms. The summed E-state index contributed by atoms with van der Waals surface area (Å²) in [6.45, 7) is 7.30. The molecule has 2 atom stereocenters. The molecule has 110 valence electrons. The number of ether oxygens (including phenoxy) is 1. The predicted molar refractivity (Wildman–Crippen MR) is 80.1 cm³/mol. The van der Waals surface area contributed by atoms with E-state index >= 15 is 0 Å². The third-order valence-corrected chi connectivity index (χ3v) is 3.99. The zero-order chi connectivity index (χ0) is 14.5. The van der Waals surface area contributed by atoms with Gasteiger partial charge in [-0.25, -0.2) is 0 Å². The number of carbonyl (C=O) groups is 1. The molecule has 1 aliphatic rings. The second kappa shape index (κ2) is 6.86. The van der Waals surface area contributed by atoms with Crippen LogP contribution < -0.4 is 10.5 Å². The number of likely N-dealkylation sites (tertiary alicyclic amines) is 1. The Kier molecular flexibility index (Phi) is 5.15. The van der Waals surface area contributed by atoms with Crippen LogP contribution in [-0.4, -0.2) is 43.0 Å². The fraction of sp³-hybridized carbons (Fsp3) is 0.562. The molecule has 2 N–H and O–H groups in total. The van der Waals surface area contributed by atoms with Gasteiger partial charge in [-0.1, -0.05) is 19.1 Å². The average Bonchev–Trinajstić information content (AvgIpc) is 2.43. The highest BCUT2D eigenvalue weighted by atomic mass is 16.5. The van der Waals surface area contributed by atoms with Crippen LogP contribution in [0.3, 0.4) is 0 Å². The first kappa shape index (κ1) is 15.0. The molecule has 1 fully saturated rings. The molecule has 4 heteroatoms. The summed E-state index contributed by atoms with van der Waals surface area (Å²) in [5.74, 6) is 1.26. The Balaban J connectivity index is 1.83. The lowest BCUT2D eigenvalue weighted by atomic mass is 9.95. The monoisotopic (exact) mass is 276 g/mol. The molecule has 2 unspecified atom stereocenters. The van der Waals surface area contributed by atoms with Gasteiger partial charge >= 0.3 is 0 Å². The van der Waals surface area contributed by atoms with Crippen LogP contribution >= 0.6 is 0 Å². The number of para-hydroxylation sites is 1. The van der Waals surface area contributed by atoms with Gasteiger partial charge in [0.15, 0.2) is 5.78 Å². The molecule has 1 aromatic carbocycles. The highest BCUT2D eigenvalue weighted by Gasteiger charge is 2.22. The number of benzene rings is 1. The normalized spacial score (nSPS) is 23.6. The number of hydrogen-bond donors (Lipinski definition) is 1. The molecular weight excluding hydrogens is 252 g/mol. The zero-order valence-corrected chi connectivity index (χ0v) is 12.3. The van der Waals surface area contributed by atoms with Crippen molar-refractivity contribution in [3.63, 3.8) is 0 Å². The number of hydrogen-bond acceptors (Lipinski definition) is 4. The SMILES string of the molecule is CC(=O)c1ccccc1OCCN1CCC(N)C(C)C1. The molecule has 1 aromatic rings. The Bertz CT molecular complexity index is 462. The second-order valence-corrected chi connectivity index (χ2v) is 5.63. The Labute approximate surface area is 120 Å². The minimum absolute atomic E-state index is 0.0400. The van der Waals surface area contributed by atoms with Gasteiger partial charge in [-0.15, -0.1) is 0 Å². The van der Waals surface area contributed by atoms with E-state index in [0.717, 1.165) is 26.1 Å². The summed E-state index contributed by atoms with van der Waals surface area (Å²) in [5, 5.41) is 0. The zero-order valence-electron chi connectivity index (χ0n) is 12.3. The van der Waals surface area contributed by atoms with E-state index in [1.54, 1.807) is 13.0 Å². The van der Waals surface area contributed by atoms with E-state index in [2.05, 4.69) is 11.8 Å². The van der Waals surface area contributed by atoms with Crippen molar-refractivity contribution in [1.82, 2.24) is 4.90 Å². The Morgan fingerprint density at radius 3 is 2.90 bits per heavy atom. The highest BCUT2D eigenvalue weighted by molar-refractivity contribution is 5.96. The fourth-order valence-corrected chi connectivity index (χ4v) is 2.62. The summed E-state index contributed by atoms with van der Waals surface area (Å²) in [7, 11) is 0. The highest BCUT2D eigenvalue weighted by Crippen LogP contribution is 2.19. The summed E-state index contributed by atoms with van der Waals surface area (Å²) < 4.78 is 5.77. The molecule has 0 aromatic heterocycles. The second-order valence-electron chi connectivity index (χ2n) is 5.63. The van der Waals surface area contributed by atoms with E-state index in [0.29, 0.717) is 29.9 Å². The van der Waals surface area contributed by atoms with E-state index in [1.165, 1.54) is 0 Å². The van der Waals surface area contributed by atoms with Crippen molar-refractivity contribution >= 4 is 5.78 Å². The summed E-state index contributed by atoms with van der Waals surface area (Å²) in [5.41, 5.74) is 6.67. The van der Waals surface area contributed by atoms with Crippen molar-refractivity contribution in [1.29, 1.82) is 0 Å². The Hall–Kier alpha value is -1.39. The van der Waals surface area contributed by atoms with Gasteiger partial charge in [-0.05, 0) is 37.9 Å². The van der Waals surface area contributed by atoms with E-state index < -0.39 is 0 Å². The Morgan fingerprint density at radius 2 is 2.20 bits per heavy atom.